The summed E-state index contributed by atoms with van der Waals surface area (Å²) in [7, 11) is 2.01. The van der Waals surface area contributed by atoms with Gasteiger partial charge in [0.2, 0.25) is 0 Å². The van der Waals surface area contributed by atoms with Crippen LogP contribution in [0.15, 0.2) is 35.6 Å². The predicted octanol–water partition coefficient (Wildman–Crippen LogP) is 3.43. The molecule has 0 bridgehead atoms. The second kappa shape index (κ2) is 5.47. The van der Waals surface area contributed by atoms with Gasteiger partial charge in [-0.05, 0) is 6.07 Å². The summed E-state index contributed by atoms with van der Waals surface area (Å²) in [5.41, 5.74) is 2.36. The second-order valence-electron chi connectivity index (χ2n) is 4.58. The fourth-order valence-corrected chi connectivity index (χ4v) is 3.54. The van der Waals surface area contributed by atoms with Gasteiger partial charge >= 0.3 is 0 Å². The Balaban J connectivity index is 1.69. The molecule has 0 radical (unpaired) electrons. The van der Waals surface area contributed by atoms with Gasteiger partial charge in [0.1, 0.15) is 5.75 Å². The Bertz CT molecular complexity index is 585. The van der Waals surface area contributed by atoms with Gasteiger partial charge in [-0.15, -0.1) is 11.6 Å². The maximum Gasteiger partial charge on any atom is 0.167 e. The number of para-hydroxylation sites is 1. The molecule has 1 aliphatic rings. The van der Waals surface area contributed by atoms with Gasteiger partial charge in [-0.2, -0.15) is 0 Å². The van der Waals surface area contributed by atoms with Crippen LogP contribution in [0.25, 0.3) is 0 Å². The summed E-state index contributed by atoms with van der Waals surface area (Å²) in [4.78, 5) is 4.40. The monoisotopic (exact) mass is 294 g/mol. The van der Waals surface area contributed by atoms with Crippen LogP contribution in [0.2, 0.25) is 0 Å². The van der Waals surface area contributed by atoms with E-state index in [4.69, 9.17) is 16.3 Å². The lowest BCUT2D eigenvalue weighted by atomic mass is 10.0. The van der Waals surface area contributed by atoms with Gasteiger partial charge in [0.25, 0.3) is 0 Å². The lowest BCUT2D eigenvalue weighted by Gasteiger charge is -2.08. The number of fused-ring (bicyclic) bond motifs is 1. The van der Waals surface area contributed by atoms with Crippen LogP contribution in [0, 0.1) is 0 Å². The van der Waals surface area contributed by atoms with Gasteiger partial charge < -0.3 is 9.30 Å². The lowest BCUT2D eigenvalue weighted by molar-refractivity contribution is 0.338. The highest BCUT2D eigenvalue weighted by molar-refractivity contribution is 7.99. The summed E-state index contributed by atoms with van der Waals surface area (Å²) in [5.74, 6) is 2.94. The third-order valence-corrected chi connectivity index (χ3v) is 4.87. The topological polar surface area (TPSA) is 27.1 Å². The lowest BCUT2D eigenvalue weighted by Crippen LogP contribution is -2.05. The normalized spacial score (nSPS) is 17.3. The average Bonchev–Trinajstić information content (AvgIpc) is 3.00. The number of nitrogens with zero attached hydrogens (tertiary/aromatic N) is 2. The van der Waals surface area contributed by atoms with Crippen molar-refractivity contribution in [3.63, 3.8) is 0 Å². The van der Waals surface area contributed by atoms with Gasteiger partial charge in [-0.1, -0.05) is 30.0 Å². The third kappa shape index (κ3) is 2.47. The largest absolute Gasteiger partial charge is 0.493 e. The standard InChI is InChI=1S/C14H15ClN2OS/c1-17-11(6-15)7-16-14(17)19-9-10-8-18-13-5-3-2-4-12(10)13/h2-5,7,10H,6,8-9H2,1H3. The summed E-state index contributed by atoms with van der Waals surface area (Å²) in [5, 5.41) is 1.01. The van der Waals surface area contributed by atoms with Crippen molar-refractivity contribution in [2.45, 2.75) is 17.0 Å². The molecule has 0 spiro atoms. The number of halogens is 1. The molecule has 1 aliphatic heterocycles. The number of imidazole rings is 1. The van der Waals surface area contributed by atoms with Crippen LogP contribution in [0.5, 0.6) is 5.75 Å². The molecule has 100 valence electrons. The number of alkyl halides is 1. The Morgan fingerprint density at radius 3 is 3.11 bits per heavy atom. The van der Waals surface area contributed by atoms with E-state index in [1.807, 2.05) is 25.4 Å². The van der Waals surface area contributed by atoms with Crippen molar-refractivity contribution >= 4 is 23.4 Å². The van der Waals surface area contributed by atoms with E-state index in [-0.39, 0.29) is 0 Å². The highest BCUT2D eigenvalue weighted by Crippen LogP contribution is 2.36. The predicted molar refractivity (Wildman–Crippen MR) is 78.2 cm³/mol. The first-order chi connectivity index (χ1) is 9.29. The molecule has 0 amide bonds. The molecule has 1 atom stereocenters. The Labute approximate surface area is 121 Å². The van der Waals surface area contributed by atoms with E-state index in [1.54, 1.807) is 11.8 Å². The van der Waals surface area contributed by atoms with Crippen LogP contribution in [0.4, 0.5) is 0 Å². The van der Waals surface area contributed by atoms with E-state index >= 15 is 0 Å². The number of thioether (sulfide) groups is 1. The molecule has 0 N–H and O–H groups in total. The molecular formula is C14H15ClN2OS. The maximum atomic E-state index is 5.85. The number of rotatable bonds is 4. The smallest absolute Gasteiger partial charge is 0.167 e. The van der Waals surface area contributed by atoms with Gasteiger partial charge in [0.05, 0.1) is 24.4 Å². The van der Waals surface area contributed by atoms with E-state index in [0.717, 1.165) is 29.0 Å². The average molecular weight is 295 g/mol. The van der Waals surface area contributed by atoms with Crippen LogP contribution in [-0.4, -0.2) is 21.9 Å². The fourth-order valence-electron chi connectivity index (χ4n) is 2.23. The van der Waals surface area contributed by atoms with Crippen molar-refractivity contribution in [3.8, 4) is 5.75 Å². The zero-order chi connectivity index (χ0) is 13.2. The van der Waals surface area contributed by atoms with Crippen molar-refractivity contribution in [1.82, 2.24) is 9.55 Å². The van der Waals surface area contributed by atoms with Crippen LogP contribution in [0.1, 0.15) is 17.2 Å². The van der Waals surface area contributed by atoms with Gasteiger partial charge in [-0.3, -0.25) is 0 Å². The number of hydrogen-bond donors (Lipinski definition) is 0. The van der Waals surface area contributed by atoms with Crippen LogP contribution < -0.4 is 4.74 Å². The molecule has 3 rings (SSSR count). The molecular weight excluding hydrogens is 280 g/mol. The first-order valence-electron chi connectivity index (χ1n) is 6.20. The van der Waals surface area contributed by atoms with E-state index in [1.165, 1.54) is 5.56 Å². The summed E-state index contributed by atoms with van der Waals surface area (Å²) in [6.07, 6.45) is 1.84. The SMILES string of the molecule is Cn1c(CCl)cnc1SCC1COc2ccccc21. The van der Waals surface area contributed by atoms with E-state index in [0.29, 0.717) is 11.8 Å². The molecule has 1 aromatic heterocycles. The quantitative estimate of drug-likeness (QED) is 0.638. The minimum absolute atomic E-state index is 0.442. The zero-order valence-corrected chi connectivity index (χ0v) is 12.2. The molecule has 0 aliphatic carbocycles. The van der Waals surface area contributed by atoms with Crippen molar-refractivity contribution in [3.05, 3.63) is 41.7 Å². The number of aromatic nitrogens is 2. The highest BCUT2D eigenvalue weighted by atomic mass is 35.5. The summed E-state index contributed by atoms with van der Waals surface area (Å²) in [6, 6.07) is 8.26. The van der Waals surface area contributed by atoms with E-state index < -0.39 is 0 Å². The molecule has 0 fully saturated rings. The fraction of sp³-hybridized carbons (Fsp3) is 0.357. The molecule has 5 heteroatoms. The number of benzene rings is 1. The first-order valence-corrected chi connectivity index (χ1v) is 7.72. The van der Waals surface area contributed by atoms with E-state index in [2.05, 4.69) is 21.7 Å². The summed E-state index contributed by atoms with van der Waals surface area (Å²) >= 11 is 7.61. The van der Waals surface area contributed by atoms with Crippen molar-refractivity contribution in [1.29, 1.82) is 0 Å². The second-order valence-corrected chi connectivity index (χ2v) is 5.84. The Morgan fingerprint density at radius 2 is 2.32 bits per heavy atom. The molecule has 1 aromatic carbocycles. The Kier molecular flexibility index (Phi) is 3.71. The molecule has 0 saturated carbocycles. The van der Waals surface area contributed by atoms with Crippen LogP contribution >= 0.6 is 23.4 Å². The molecule has 1 unspecified atom stereocenters. The molecule has 3 nitrogen and oxygen atoms in total. The minimum atomic E-state index is 0.442. The number of hydrogen-bond acceptors (Lipinski definition) is 3. The summed E-state index contributed by atoms with van der Waals surface area (Å²) in [6.45, 7) is 0.763. The highest BCUT2D eigenvalue weighted by Gasteiger charge is 2.24. The molecule has 2 aromatic rings. The van der Waals surface area contributed by atoms with Gasteiger partial charge in [-0.25, -0.2) is 4.98 Å². The van der Waals surface area contributed by atoms with Crippen LogP contribution in [-0.2, 0) is 12.9 Å². The molecule has 0 saturated heterocycles. The maximum absolute atomic E-state index is 5.85. The van der Waals surface area contributed by atoms with E-state index in [9.17, 15) is 0 Å². The third-order valence-electron chi connectivity index (χ3n) is 3.39. The minimum Gasteiger partial charge on any atom is -0.493 e. The Morgan fingerprint density at radius 1 is 1.47 bits per heavy atom. The van der Waals surface area contributed by atoms with Crippen molar-refractivity contribution < 1.29 is 4.74 Å². The van der Waals surface area contributed by atoms with Crippen molar-refractivity contribution in [2.24, 2.45) is 7.05 Å². The Hall–Kier alpha value is -1.13. The number of ether oxygens (including phenoxy) is 1. The van der Waals surface area contributed by atoms with Crippen LogP contribution in [0.3, 0.4) is 0 Å². The summed E-state index contributed by atoms with van der Waals surface area (Å²) < 4.78 is 7.75. The first kappa shape index (κ1) is 12.9. The van der Waals surface area contributed by atoms with Crippen molar-refractivity contribution in [2.75, 3.05) is 12.4 Å². The van der Waals surface area contributed by atoms with Gasteiger partial charge in [0.15, 0.2) is 5.16 Å². The molecule has 2 heterocycles. The molecule has 19 heavy (non-hydrogen) atoms. The van der Waals surface area contributed by atoms with Gasteiger partial charge in [0, 0.05) is 24.3 Å². The zero-order valence-electron chi connectivity index (χ0n) is 10.7.